The maximum absolute atomic E-state index is 11.0. The summed E-state index contributed by atoms with van der Waals surface area (Å²) >= 11 is 0. The van der Waals surface area contributed by atoms with Crippen LogP contribution in [0.2, 0.25) is 0 Å². The fourth-order valence-electron chi connectivity index (χ4n) is 2.30. The monoisotopic (exact) mass is 263 g/mol. The molecule has 0 spiro atoms. The van der Waals surface area contributed by atoms with Crippen molar-refractivity contribution in [3.63, 3.8) is 0 Å². The first-order valence-electron chi connectivity index (χ1n) is 6.90. The average Bonchev–Trinajstić information content (AvgIpc) is 2.26. The molecule has 0 atom stereocenters. The van der Waals surface area contributed by atoms with E-state index in [2.05, 4.69) is 32.6 Å². The van der Waals surface area contributed by atoms with Crippen LogP contribution in [0.25, 0.3) is 0 Å². The molecule has 0 amide bonds. The predicted molar refractivity (Wildman–Crippen MR) is 80.0 cm³/mol. The van der Waals surface area contributed by atoms with Crippen LogP contribution >= 0.6 is 0 Å². The van der Waals surface area contributed by atoms with Gasteiger partial charge in [-0.25, -0.2) is 4.79 Å². The Morgan fingerprint density at radius 1 is 1.16 bits per heavy atom. The number of hydrogen-bond acceptors (Lipinski definition) is 2. The fourth-order valence-corrected chi connectivity index (χ4v) is 2.30. The van der Waals surface area contributed by atoms with Crippen LogP contribution in [-0.4, -0.2) is 24.2 Å². The van der Waals surface area contributed by atoms with Gasteiger partial charge in [0.15, 0.2) is 0 Å². The van der Waals surface area contributed by atoms with E-state index in [0.29, 0.717) is 17.4 Å². The van der Waals surface area contributed by atoms with Crippen molar-refractivity contribution in [1.29, 1.82) is 0 Å². The summed E-state index contributed by atoms with van der Waals surface area (Å²) in [6.07, 6.45) is 0. The van der Waals surface area contributed by atoms with Crippen molar-refractivity contribution < 1.29 is 9.90 Å². The number of benzene rings is 1. The van der Waals surface area contributed by atoms with Crippen molar-refractivity contribution in [2.24, 2.45) is 11.8 Å². The third-order valence-electron chi connectivity index (χ3n) is 2.96. The summed E-state index contributed by atoms with van der Waals surface area (Å²) in [5.74, 6) is 0.295. The van der Waals surface area contributed by atoms with Gasteiger partial charge in [-0.15, -0.1) is 0 Å². The molecule has 0 radical (unpaired) electrons. The van der Waals surface area contributed by atoms with Crippen LogP contribution in [0.4, 0.5) is 5.69 Å². The Bertz CT molecular complexity index is 428. The molecule has 0 aromatic heterocycles. The quantitative estimate of drug-likeness (QED) is 0.848. The maximum Gasteiger partial charge on any atom is 0.335 e. The Balaban J connectivity index is 3.04. The van der Waals surface area contributed by atoms with Crippen LogP contribution < -0.4 is 4.90 Å². The molecular weight excluding hydrogens is 238 g/mol. The zero-order valence-corrected chi connectivity index (χ0v) is 12.6. The number of aryl methyl sites for hydroxylation is 1. The molecule has 1 N–H and O–H groups in total. The molecule has 19 heavy (non-hydrogen) atoms. The molecule has 1 rings (SSSR count). The first-order chi connectivity index (χ1) is 8.81. The average molecular weight is 263 g/mol. The van der Waals surface area contributed by atoms with Gasteiger partial charge < -0.3 is 10.0 Å². The number of nitrogens with zero attached hydrogens (tertiary/aromatic N) is 1. The topological polar surface area (TPSA) is 40.5 Å². The number of carbonyl (C=O) groups is 1. The van der Waals surface area contributed by atoms with Gasteiger partial charge in [0.25, 0.3) is 0 Å². The number of anilines is 1. The molecule has 1 aromatic rings. The molecule has 0 bridgehead atoms. The first kappa shape index (κ1) is 15.5. The molecular formula is C16H25NO2. The van der Waals surface area contributed by atoms with Gasteiger partial charge in [0.05, 0.1) is 5.56 Å². The molecule has 1 aromatic carbocycles. The minimum atomic E-state index is -0.867. The van der Waals surface area contributed by atoms with Gasteiger partial charge >= 0.3 is 5.97 Å². The lowest BCUT2D eigenvalue weighted by atomic mass is 10.1. The number of carboxylic acid groups (broad SMARTS) is 1. The second-order valence-corrected chi connectivity index (χ2v) is 6.00. The van der Waals surface area contributed by atoms with Gasteiger partial charge in [-0.1, -0.05) is 27.7 Å². The van der Waals surface area contributed by atoms with Gasteiger partial charge in [-0.05, 0) is 42.5 Å². The minimum absolute atomic E-state index is 0.357. The van der Waals surface area contributed by atoms with E-state index in [4.69, 9.17) is 5.11 Å². The molecule has 0 unspecified atom stereocenters. The van der Waals surface area contributed by atoms with Crippen molar-refractivity contribution >= 4 is 11.7 Å². The van der Waals surface area contributed by atoms with Gasteiger partial charge in [0.1, 0.15) is 0 Å². The number of hydrogen-bond donors (Lipinski definition) is 1. The molecule has 3 heteroatoms. The summed E-state index contributed by atoms with van der Waals surface area (Å²) in [7, 11) is 0. The summed E-state index contributed by atoms with van der Waals surface area (Å²) in [5, 5.41) is 9.02. The molecule has 0 saturated carbocycles. The Labute approximate surface area is 116 Å². The van der Waals surface area contributed by atoms with E-state index < -0.39 is 5.97 Å². The molecule has 0 aliphatic heterocycles. The smallest absolute Gasteiger partial charge is 0.335 e. The molecule has 0 fully saturated rings. The van der Waals surface area contributed by atoms with Crippen LogP contribution in [0.1, 0.15) is 43.6 Å². The highest BCUT2D eigenvalue weighted by atomic mass is 16.4. The van der Waals surface area contributed by atoms with Crippen molar-refractivity contribution in [3.8, 4) is 0 Å². The molecule has 3 nitrogen and oxygen atoms in total. The number of carboxylic acids is 1. The van der Waals surface area contributed by atoms with Crippen LogP contribution in [-0.2, 0) is 0 Å². The van der Waals surface area contributed by atoms with E-state index >= 15 is 0 Å². The zero-order valence-electron chi connectivity index (χ0n) is 12.6. The summed E-state index contributed by atoms with van der Waals surface area (Å²) in [6, 6.07) is 5.38. The summed E-state index contributed by atoms with van der Waals surface area (Å²) in [6.45, 7) is 12.8. The molecule has 0 aliphatic carbocycles. The third-order valence-corrected chi connectivity index (χ3v) is 2.96. The van der Waals surface area contributed by atoms with Crippen LogP contribution in [0.3, 0.4) is 0 Å². The largest absolute Gasteiger partial charge is 0.478 e. The predicted octanol–water partition coefficient (Wildman–Crippen LogP) is 3.81. The maximum atomic E-state index is 11.0. The Morgan fingerprint density at radius 2 is 1.68 bits per heavy atom. The van der Waals surface area contributed by atoms with Crippen molar-refractivity contribution in [2.75, 3.05) is 18.0 Å². The van der Waals surface area contributed by atoms with Gasteiger partial charge in [-0.3, -0.25) is 0 Å². The minimum Gasteiger partial charge on any atom is -0.478 e. The molecule has 0 aliphatic rings. The van der Waals surface area contributed by atoms with Crippen LogP contribution in [0, 0.1) is 18.8 Å². The van der Waals surface area contributed by atoms with Crippen molar-refractivity contribution in [3.05, 3.63) is 29.3 Å². The fraction of sp³-hybridized carbons (Fsp3) is 0.562. The normalized spacial score (nSPS) is 11.1. The highest BCUT2D eigenvalue weighted by molar-refractivity contribution is 5.88. The summed E-state index contributed by atoms with van der Waals surface area (Å²) in [4.78, 5) is 13.3. The van der Waals surface area contributed by atoms with E-state index in [9.17, 15) is 4.79 Å². The first-order valence-corrected chi connectivity index (χ1v) is 6.90. The standard InChI is InChI=1S/C16H25NO2/c1-11(2)9-17(10-12(3)4)15-7-6-14(16(18)19)8-13(15)5/h6-8,11-12H,9-10H2,1-5H3,(H,18,19). The van der Waals surface area contributed by atoms with Crippen molar-refractivity contribution in [1.82, 2.24) is 0 Å². The van der Waals surface area contributed by atoms with Gasteiger partial charge in [-0.2, -0.15) is 0 Å². The Hall–Kier alpha value is -1.51. The van der Waals surface area contributed by atoms with E-state index in [1.165, 1.54) is 0 Å². The highest BCUT2D eigenvalue weighted by Gasteiger charge is 2.14. The molecule has 0 saturated heterocycles. The zero-order chi connectivity index (χ0) is 14.6. The second kappa shape index (κ2) is 6.60. The molecule has 106 valence electrons. The van der Waals surface area contributed by atoms with Crippen LogP contribution in [0.15, 0.2) is 18.2 Å². The number of aromatic carboxylic acids is 1. The molecule has 0 heterocycles. The lowest BCUT2D eigenvalue weighted by Gasteiger charge is -2.30. The summed E-state index contributed by atoms with van der Waals surface area (Å²) in [5.41, 5.74) is 2.53. The lowest BCUT2D eigenvalue weighted by Crippen LogP contribution is -2.31. The lowest BCUT2D eigenvalue weighted by molar-refractivity contribution is 0.0697. The third kappa shape index (κ3) is 4.58. The Kier molecular flexibility index (Phi) is 5.40. The van der Waals surface area contributed by atoms with Crippen LogP contribution in [0.5, 0.6) is 0 Å². The Morgan fingerprint density at radius 3 is 2.05 bits per heavy atom. The van der Waals surface area contributed by atoms with E-state index in [0.717, 1.165) is 24.3 Å². The van der Waals surface area contributed by atoms with Gasteiger partial charge in [0.2, 0.25) is 0 Å². The number of rotatable bonds is 6. The van der Waals surface area contributed by atoms with Crippen molar-refractivity contribution in [2.45, 2.75) is 34.6 Å². The summed E-state index contributed by atoms with van der Waals surface area (Å²) < 4.78 is 0. The SMILES string of the molecule is Cc1cc(C(=O)O)ccc1N(CC(C)C)CC(C)C. The van der Waals surface area contributed by atoms with E-state index in [-0.39, 0.29) is 0 Å². The van der Waals surface area contributed by atoms with Gasteiger partial charge in [0, 0.05) is 18.8 Å². The van der Waals surface area contributed by atoms with E-state index in [1.807, 2.05) is 13.0 Å². The van der Waals surface area contributed by atoms with E-state index in [1.54, 1.807) is 12.1 Å². The second-order valence-electron chi connectivity index (χ2n) is 6.00. The highest BCUT2D eigenvalue weighted by Crippen LogP contribution is 2.23.